The van der Waals surface area contributed by atoms with Gasteiger partial charge < -0.3 is 11.1 Å². The highest BCUT2D eigenvalue weighted by Gasteiger charge is 2.23. The van der Waals surface area contributed by atoms with Crippen LogP contribution in [0.25, 0.3) is 0 Å². The number of hydrogen-bond acceptors (Lipinski definition) is 2. The zero-order chi connectivity index (χ0) is 12.1. The lowest BCUT2D eigenvalue weighted by Crippen LogP contribution is -2.42. The fourth-order valence-corrected chi connectivity index (χ4v) is 1.07. The van der Waals surface area contributed by atoms with Gasteiger partial charge in [-0.1, -0.05) is 20.8 Å². The summed E-state index contributed by atoms with van der Waals surface area (Å²) in [6.07, 6.45) is 6.05. The van der Waals surface area contributed by atoms with Crippen LogP contribution in [0.3, 0.4) is 0 Å². The summed E-state index contributed by atoms with van der Waals surface area (Å²) in [5.74, 6) is 2.48. The van der Waals surface area contributed by atoms with E-state index in [1.807, 2.05) is 27.7 Å². The Bertz CT molecular complexity index is 247. The fraction of sp³-hybridized carbons (Fsp3) is 0.750. The highest BCUT2D eigenvalue weighted by atomic mass is 16.1. The Morgan fingerprint density at radius 3 is 2.47 bits per heavy atom. The molecule has 0 radical (unpaired) electrons. The second kappa shape index (κ2) is 5.77. The minimum atomic E-state index is -0.129. The Kier molecular flexibility index (Phi) is 5.38. The number of terminal acetylenes is 1. The zero-order valence-electron chi connectivity index (χ0n) is 10.1. The van der Waals surface area contributed by atoms with E-state index in [1.165, 1.54) is 0 Å². The van der Waals surface area contributed by atoms with Crippen LogP contribution in [0.4, 0.5) is 0 Å². The maximum absolute atomic E-state index is 11.5. The molecule has 3 heteroatoms. The first kappa shape index (κ1) is 14.0. The second-order valence-electron chi connectivity index (χ2n) is 5.05. The SMILES string of the molecule is C#CCC(C)NC(=O)CC(N)C(C)(C)C. The Hall–Kier alpha value is -1.01. The molecular weight excluding hydrogens is 188 g/mol. The lowest BCUT2D eigenvalue weighted by Gasteiger charge is -2.26. The monoisotopic (exact) mass is 210 g/mol. The zero-order valence-corrected chi connectivity index (χ0v) is 10.1. The number of nitrogens with one attached hydrogen (secondary N) is 1. The Balaban J connectivity index is 4.00. The van der Waals surface area contributed by atoms with E-state index in [-0.39, 0.29) is 23.4 Å². The van der Waals surface area contributed by atoms with Gasteiger partial charge in [0, 0.05) is 24.9 Å². The van der Waals surface area contributed by atoms with Crippen molar-refractivity contribution in [1.82, 2.24) is 5.32 Å². The molecule has 3 N–H and O–H groups in total. The van der Waals surface area contributed by atoms with Crippen molar-refractivity contribution in [2.45, 2.75) is 52.6 Å². The molecule has 1 amide bonds. The van der Waals surface area contributed by atoms with Crippen molar-refractivity contribution in [1.29, 1.82) is 0 Å². The van der Waals surface area contributed by atoms with Crippen molar-refractivity contribution in [3.05, 3.63) is 0 Å². The summed E-state index contributed by atoms with van der Waals surface area (Å²) in [5, 5.41) is 2.82. The maximum atomic E-state index is 11.5. The van der Waals surface area contributed by atoms with Crippen molar-refractivity contribution in [2.75, 3.05) is 0 Å². The predicted molar refractivity (Wildman–Crippen MR) is 63.1 cm³/mol. The summed E-state index contributed by atoms with van der Waals surface area (Å²) in [7, 11) is 0. The molecule has 15 heavy (non-hydrogen) atoms. The molecule has 0 rings (SSSR count). The molecule has 86 valence electrons. The van der Waals surface area contributed by atoms with Crippen molar-refractivity contribution in [3.63, 3.8) is 0 Å². The topological polar surface area (TPSA) is 55.1 Å². The van der Waals surface area contributed by atoms with Gasteiger partial charge >= 0.3 is 0 Å². The average Bonchev–Trinajstić information content (AvgIpc) is 2.01. The molecule has 0 aromatic heterocycles. The van der Waals surface area contributed by atoms with Crippen LogP contribution in [0.2, 0.25) is 0 Å². The Labute approximate surface area is 92.8 Å². The molecule has 3 nitrogen and oxygen atoms in total. The van der Waals surface area contributed by atoms with Gasteiger partial charge in [0.2, 0.25) is 5.91 Å². The first-order valence-corrected chi connectivity index (χ1v) is 5.25. The summed E-state index contributed by atoms with van der Waals surface area (Å²) in [6.45, 7) is 7.96. The maximum Gasteiger partial charge on any atom is 0.221 e. The fourth-order valence-electron chi connectivity index (χ4n) is 1.07. The highest BCUT2D eigenvalue weighted by molar-refractivity contribution is 5.76. The summed E-state index contributed by atoms with van der Waals surface area (Å²) in [5.41, 5.74) is 5.85. The number of rotatable bonds is 4. The first-order chi connectivity index (χ1) is 6.77. The van der Waals surface area contributed by atoms with Crippen molar-refractivity contribution < 1.29 is 4.79 Å². The van der Waals surface area contributed by atoms with Crippen LogP contribution in [0.5, 0.6) is 0 Å². The first-order valence-electron chi connectivity index (χ1n) is 5.25. The van der Waals surface area contributed by atoms with Crippen LogP contribution < -0.4 is 11.1 Å². The Morgan fingerprint density at radius 2 is 2.07 bits per heavy atom. The van der Waals surface area contributed by atoms with Gasteiger partial charge in [0.05, 0.1) is 0 Å². The lowest BCUT2D eigenvalue weighted by molar-refractivity contribution is -0.122. The van der Waals surface area contributed by atoms with E-state index >= 15 is 0 Å². The molecular formula is C12H22N2O. The second-order valence-corrected chi connectivity index (χ2v) is 5.05. The van der Waals surface area contributed by atoms with Crippen molar-refractivity contribution in [3.8, 4) is 12.3 Å². The van der Waals surface area contributed by atoms with Crippen LogP contribution in [-0.4, -0.2) is 18.0 Å². The number of nitrogens with two attached hydrogens (primary N) is 1. The Morgan fingerprint density at radius 1 is 1.53 bits per heavy atom. The molecule has 0 fully saturated rings. The molecule has 0 heterocycles. The van der Waals surface area contributed by atoms with Crippen LogP contribution in [-0.2, 0) is 4.79 Å². The molecule has 2 atom stereocenters. The predicted octanol–water partition coefficient (Wildman–Crippen LogP) is 1.28. The van der Waals surface area contributed by atoms with E-state index in [9.17, 15) is 4.79 Å². The molecule has 0 spiro atoms. The average molecular weight is 210 g/mol. The molecule has 2 unspecified atom stereocenters. The van der Waals surface area contributed by atoms with Crippen LogP contribution in [0.15, 0.2) is 0 Å². The number of amides is 1. The van der Waals surface area contributed by atoms with Gasteiger partial charge in [-0.25, -0.2) is 0 Å². The third kappa shape index (κ3) is 6.14. The van der Waals surface area contributed by atoms with E-state index in [0.29, 0.717) is 12.8 Å². The number of carbonyl (C=O) groups excluding carboxylic acids is 1. The van der Waals surface area contributed by atoms with E-state index in [4.69, 9.17) is 12.2 Å². The minimum absolute atomic E-state index is 0.0228. The van der Waals surface area contributed by atoms with Crippen LogP contribution >= 0.6 is 0 Å². The van der Waals surface area contributed by atoms with E-state index in [2.05, 4.69) is 11.2 Å². The van der Waals surface area contributed by atoms with E-state index < -0.39 is 0 Å². The third-order valence-corrected chi connectivity index (χ3v) is 2.35. The van der Waals surface area contributed by atoms with E-state index in [1.54, 1.807) is 0 Å². The molecule has 0 aliphatic carbocycles. The molecule has 0 aromatic rings. The van der Waals surface area contributed by atoms with Gasteiger partial charge in [-0.3, -0.25) is 4.79 Å². The summed E-state index contributed by atoms with van der Waals surface area (Å²) in [6, 6.07) is -0.106. The standard InChI is InChI=1S/C12H22N2O/c1-6-7-9(2)14-11(15)8-10(13)12(3,4)5/h1,9-10H,7-8,13H2,2-5H3,(H,14,15). The van der Waals surface area contributed by atoms with Gasteiger partial charge in [0.1, 0.15) is 0 Å². The van der Waals surface area contributed by atoms with Gasteiger partial charge in [-0.15, -0.1) is 12.3 Å². The van der Waals surface area contributed by atoms with Gasteiger partial charge in [-0.2, -0.15) is 0 Å². The highest BCUT2D eigenvalue weighted by Crippen LogP contribution is 2.19. The normalized spacial score (nSPS) is 15.2. The lowest BCUT2D eigenvalue weighted by atomic mass is 9.85. The van der Waals surface area contributed by atoms with E-state index in [0.717, 1.165) is 0 Å². The summed E-state index contributed by atoms with van der Waals surface area (Å²) in [4.78, 5) is 11.5. The van der Waals surface area contributed by atoms with Crippen LogP contribution in [0, 0.1) is 17.8 Å². The largest absolute Gasteiger partial charge is 0.353 e. The molecule has 0 aromatic carbocycles. The molecule has 0 aliphatic heterocycles. The molecule has 0 saturated heterocycles. The van der Waals surface area contributed by atoms with Gasteiger partial charge in [-0.05, 0) is 12.3 Å². The van der Waals surface area contributed by atoms with Crippen molar-refractivity contribution >= 4 is 5.91 Å². The van der Waals surface area contributed by atoms with Gasteiger partial charge in [0.15, 0.2) is 0 Å². The number of hydrogen-bond donors (Lipinski definition) is 2. The smallest absolute Gasteiger partial charge is 0.221 e. The molecule has 0 saturated carbocycles. The number of carbonyl (C=O) groups is 1. The van der Waals surface area contributed by atoms with Crippen LogP contribution in [0.1, 0.15) is 40.5 Å². The van der Waals surface area contributed by atoms with Gasteiger partial charge in [0.25, 0.3) is 0 Å². The summed E-state index contributed by atoms with van der Waals surface area (Å²) < 4.78 is 0. The van der Waals surface area contributed by atoms with Crippen molar-refractivity contribution in [2.24, 2.45) is 11.1 Å². The third-order valence-electron chi connectivity index (χ3n) is 2.35. The summed E-state index contributed by atoms with van der Waals surface area (Å²) >= 11 is 0. The molecule has 0 aliphatic rings. The molecule has 0 bridgehead atoms. The quantitative estimate of drug-likeness (QED) is 0.687. The minimum Gasteiger partial charge on any atom is -0.353 e.